The smallest absolute Gasteiger partial charge is 0.179 e. The van der Waals surface area contributed by atoms with Crippen molar-refractivity contribution in [2.24, 2.45) is 0 Å². The number of rotatable bonds is 1. The molecule has 0 aromatic carbocycles. The maximum absolute atomic E-state index is 4.30. The molecule has 14 heavy (non-hydrogen) atoms. The molecule has 0 atom stereocenters. The van der Waals surface area contributed by atoms with E-state index in [0.29, 0.717) is 11.5 Å². The molecule has 0 bridgehead atoms. The molecule has 0 saturated heterocycles. The second-order valence-corrected chi connectivity index (χ2v) is 3.07. The van der Waals surface area contributed by atoms with E-state index in [2.05, 4.69) is 19.9 Å². The molecule has 0 amide bonds. The first-order valence-corrected chi connectivity index (χ1v) is 4.34. The molecule has 0 saturated carbocycles. The quantitative estimate of drug-likeness (QED) is 0.678. The predicted molar refractivity (Wildman–Crippen MR) is 52.5 cm³/mol. The van der Waals surface area contributed by atoms with Gasteiger partial charge in [-0.15, -0.1) is 0 Å². The molecule has 0 radical (unpaired) electrons. The lowest BCUT2D eigenvalue weighted by Gasteiger charge is -1.99. The van der Waals surface area contributed by atoms with Gasteiger partial charge in [-0.05, 0) is 19.9 Å². The highest BCUT2D eigenvalue weighted by Crippen LogP contribution is 2.09. The minimum Gasteiger partial charge on any atom is -0.260 e. The van der Waals surface area contributed by atoms with Crippen LogP contribution in [0.15, 0.2) is 24.7 Å². The Morgan fingerprint density at radius 3 is 2.57 bits per heavy atom. The molecule has 0 spiro atoms. The zero-order valence-electron chi connectivity index (χ0n) is 8.10. The number of hydrogen-bond acceptors (Lipinski definition) is 4. The van der Waals surface area contributed by atoms with E-state index in [4.69, 9.17) is 0 Å². The maximum Gasteiger partial charge on any atom is 0.179 e. The van der Waals surface area contributed by atoms with Gasteiger partial charge in [0.2, 0.25) is 0 Å². The van der Waals surface area contributed by atoms with Crippen molar-refractivity contribution in [3.05, 3.63) is 36.0 Å². The Labute approximate surface area is 82.1 Å². The Morgan fingerprint density at radius 1 is 1.00 bits per heavy atom. The van der Waals surface area contributed by atoms with Gasteiger partial charge in [0.05, 0.1) is 11.9 Å². The maximum atomic E-state index is 4.30. The molecule has 0 unspecified atom stereocenters. The van der Waals surface area contributed by atoms with E-state index in [1.165, 1.54) is 0 Å². The van der Waals surface area contributed by atoms with Crippen LogP contribution in [0.5, 0.6) is 0 Å². The van der Waals surface area contributed by atoms with E-state index in [0.717, 1.165) is 11.4 Å². The Bertz CT molecular complexity index is 410. The van der Waals surface area contributed by atoms with Crippen molar-refractivity contribution < 1.29 is 0 Å². The van der Waals surface area contributed by atoms with E-state index in [9.17, 15) is 0 Å². The molecule has 4 nitrogen and oxygen atoms in total. The third-order valence-electron chi connectivity index (χ3n) is 1.78. The van der Waals surface area contributed by atoms with Gasteiger partial charge >= 0.3 is 0 Å². The summed E-state index contributed by atoms with van der Waals surface area (Å²) in [4.78, 5) is 16.8. The standard InChI is InChI=1S/C10H10N4/c1-7-3-4-12-10(14-7)9-6-11-5-8(2)13-9/h3-6H,1-2H3. The molecule has 2 heterocycles. The Balaban J connectivity index is 2.49. The van der Waals surface area contributed by atoms with Gasteiger partial charge in [-0.1, -0.05) is 0 Å². The van der Waals surface area contributed by atoms with Gasteiger partial charge in [0.1, 0.15) is 5.69 Å². The average molecular weight is 186 g/mol. The summed E-state index contributed by atoms with van der Waals surface area (Å²) in [5, 5.41) is 0. The fourth-order valence-corrected chi connectivity index (χ4v) is 1.14. The molecule has 4 heteroatoms. The van der Waals surface area contributed by atoms with Gasteiger partial charge in [0.25, 0.3) is 0 Å². The zero-order valence-corrected chi connectivity index (χ0v) is 8.10. The van der Waals surface area contributed by atoms with E-state index in [-0.39, 0.29) is 0 Å². The van der Waals surface area contributed by atoms with Crippen LogP contribution >= 0.6 is 0 Å². The first kappa shape index (κ1) is 8.74. The van der Waals surface area contributed by atoms with Crippen molar-refractivity contribution >= 4 is 0 Å². The highest BCUT2D eigenvalue weighted by molar-refractivity contribution is 5.46. The van der Waals surface area contributed by atoms with Crippen molar-refractivity contribution in [2.75, 3.05) is 0 Å². The summed E-state index contributed by atoms with van der Waals surface area (Å²) in [6.07, 6.45) is 5.10. The molecule has 0 aliphatic carbocycles. The lowest BCUT2D eigenvalue weighted by Crippen LogP contribution is -1.95. The van der Waals surface area contributed by atoms with E-state index in [1.54, 1.807) is 18.6 Å². The lowest BCUT2D eigenvalue weighted by molar-refractivity contribution is 1.05. The Hall–Kier alpha value is -1.84. The Morgan fingerprint density at radius 2 is 1.86 bits per heavy atom. The molecule has 70 valence electrons. The van der Waals surface area contributed by atoms with Crippen LogP contribution in [-0.4, -0.2) is 19.9 Å². The van der Waals surface area contributed by atoms with Crippen molar-refractivity contribution in [1.82, 2.24) is 19.9 Å². The highest BCUT2D eigenvalue weighted by Gasteiger charge is 2.02. The minimum atomic E-state index is 0.626. The molecule has 0 fully saturated rings. The van der Waals surface area contributed by atoms with Gasteiger partial charge < -0.3 is 0 Å². The topological polar surface area (TPSA) is 51.6 Å². The van der Waals surface area contributed by atoms with Gasteiger partial charge in [0, 0.05) is 18.1 Å². The van der Waals surface area contributed by atoms with Crippen LogP contribution in [-0.2, 0) is 0 Å². The molecule has 0 aliphatic heterocycles. The number of aromatic nitrogens is 4. The Kier molecular flexibility index (Phi) is 2.18. The molecule has 0 N–H and O–H groups in total. The van der Waals surface area contributed by atoms with Crippen LogP contribution in [0.4, 0.5) is 0 Å². The monoisotopic (exact) mass is 186 g/mol. The van der Waals surface area contributed by atoms with Gasteiger partial charge in [-0.25, -0.2) is 15.0 Å². The summed E-state index contributed by atoms with van der Waals surface area (Å²) in [6.45, 7) is 3.82. The molecule has 0 aliphatic rings. The summed E-state index contributed by atoms with van der Waals surface area (Å²) in [5.41, 5.74) is 2.51. The summed E-state index contributed by atoms with van der Waals surface area (Å²) in [5.74, 6) is 0.626. The second-order valence-electron chi connectivity index (χ2n) is 3.07. The van der Waals surface area contributed by atoms with E-state index >= 15 is 0 Å². The largest absolute Gasteiger partial charge is 0.260 e. The van der Waals surface area contributed by atoms with Crippen molar-refractivity contribution in [3.63, 3.8) is 0 Å². The van der Waals surface area contributed by atoms with Gasteiger partial charge in [0.15, 0.2) is 5.82 Å². The summed E-state index contributed by atoms with van der Waals surface area (Å²) in [6, 6.07) is 1.85. The van der Waals surface area contributed by atoms with Crippen LogP contribution < -0.4 is 0 Å². The van der Waals surface area contributed by atoms with Gasteiger partial charge in [-0.3, -0.25) is 4.98 Å². The van der Waals surface area contributed by atoms with E-state index < -0.39 is 0 Å². The molecule has 2 rings (SSSR count). The van der Waals surface area contributed by atoms with Crippen molar-refractivity contribution in [3.8, 4) is 11.5 Å². The van der Waals surface area contributed by atoms with Crippen LogP contribution in [0.1, 0.15) is 11.4 Å². The predicted octanol–water partition coefficient (Wildman–Crippen LogP) is 1.55. The SMILES string of the molecule is Cc1cncc(-c2nccc(C)n2)n1. The van der Waals surface area contributed by atoms with Crippen molar-refractivity contribution in [1.29, 1.82) is 0 Å². The van der Waals surface area contributed by atoms with Gasteiger partial charge in [-0.2, -0.15) is 0 Å². The van der Waals surface area contributed by atoms with E-state index in [1.807, 2.05) is 19.9 Å². The first-order valence-electron chi connectivity index (χ1n) is 4.34. The normalized spacial score (nSPS) is 10.1. The highest BCUT2D eigenvalue weighted by atomic mass is 14.9. The summed E-state index contributed by atoms with van der Waals surface area (Å²) < 4.78 is 0. The second kappa shape index (κ2) is 3.49. The number of nitrogens with zero attached hydrogens (tertiary/aromatic N) is 4. The lowest BCUT2D eigenvalue weighted by atomic mass is 10.3. The fourth-order valence-electron chi connectivity index (χ4n) is 1.14. The third kappa shape index (κ3) is 1.74. The summed E-state index contributed by atoms with van der Waals surface area (Å²) in [7, 11) is 0. The van der Waals surface area contributed by atoms with Crippen LogP contribution in [0.25, 0.3) is 11.5 Å². The number of hydrogen-bond donors (Lipinski definition) is 0. The first-order chi connectivity index (χ1) is 6.75. The minimum absolute atomic E-state index is 0.626. The molecular weight excluding hydrogens is 176 g/mol. The summed E-state index contributed by atoms with van der Waals surface area (Å²) >= 11 is 0. The average Bonchev–Trinajstić information content (AvgIpc) is 2.18. The van der Waals surface area contributed by atoms with Crippen molar-refractivity contribution in [2.45, 2.75) is 13.8 Å². The molecular formula is C10H10N4. The third-order valence-corrected chi connectivity index (χ3v) is 1.78. The molecule has 2 aromatic heterocycles. The molecule has 2 aromatic rings. The fraction of sp³-hybridized carbons (Fsp3) is 0.200. The van der Waals surface area contributed by atoms with Crippen LogP contribution in [0, 0.1) is 13.8 Å². The zero-order chi connectivity index (χ0) is 9.97. The van der Waals surface area contributed by atoms with Crippen LogP contribution in [0.2, 0.25) is 0 Å². The van der Waals surface area contributed by atoms with Crippen LogP contribution in [0.3, 0.4) is 0 Å². The number of aryl methyl sites for hydroxylation is 2.